The lowest BCUT2D eigenvalue weighted by atomic mass is 10.2. The van der Waals surface area contributed by atoms with Gasteiger partial charge >= 0.3 is 0 Å². The van der Waals surface area contributed by atoms with Gasteiger partial charge in [-0.2, -0.15) is 16.3 Å². The summed E-state index contributed by atoms with van der Waals surface area (Å²) in [6, 6.07) is 1.55. The van der Waals surface area contributed by atoms with Gasteiger partial charge < -0.3 is 9.05 Å². The summed E-state index contributed by atoms with van der Waals surface area (Å²) in [5, 5.41) is 10.8. The maximum atomic E-state index is 12.1. The maximum absolute atomic E-state index is 12.1. The van der Waals surface area contributed by atoms with Crippen molar-refractivity contribution in [3.8, 4) is 11.5 Å². The minimum Gasteiger partial charge on any atom is -0.361 e. The highest BCUT2D eigenvalue weighted by atomic mass is 32.2. The van der Waals surface area contributed by atoms with E-state index in [9.17, 15) is 8.42 Å². The number of aryl methyl sites for hydroxylation is 2. The van der Waals surface area contributed by atoms with Crippen LogP contribution in [0.1, 0.15) is 17.3 Å². The van der Waals surface area contributed by atoms with E-state index in [-0.39, 0.29) is 22.4 Å². The fourth-order valence-corrected chi connectivity index (χ4v) is 4.14. The van der Waals surface area contributed by atoms with Crippen molar-refractivity contribution in [2.45, 2.75) is 24.5 Å². The zero-order valence-corrected chi connectivity index (χ0v) is 12.9. The van der Waals surface area contributed by atoms with Crippen molar-refractivity contribution in [1.82, 2.24) is 15.3 Å². The molecule has 7 nitrogen and oxygen atoms in total. The largest absolute Gasteiger partial charge is 0.361 e. The molecule has 0 fully saturated rings. The first kappa shape index (κ1) is 14.0. The minimum atomic E-state index is -3.46. The van der Waals surface area contributed by atoms with Crippen LogP contribution in [0.15, 0.2) is 30.8 Å². The van der Waals surface area contributed by atoms with Crippen LogP contribution in [0.5, 0.6) is 0 Å². The molecule has 0 saturated heterocycles. The lowest BCUT2D eigenvalue weighted by Crippen LogP contribution is -2.05. The van der Waals surface area contributed by atoms with Crippen molar-refractivity contribution in [1.29, 1.82) is 0 Å². The van der Waals surface area contributed by atoms with E-state index in [1.165, 1.54) is 11.3 Å². The second-order valence-electron chi connectivity index (χ2n) is 4.43. The molecule has 3 heterocycles. The number of sulfone groups is 1. The Balaban J connectivity index is 1.90. The average Bonchev–Trinajstić information content (AvgIpc) is 3.11. The van der Waals surface area contributed by atoms with Crippen LogP contribution in [-0.4, -0.2) is 23.7 Å². The van der Waals surface area contributed by atoms with Crippen molar-refractivity contribution >= 4 is 21.2 Å². The number of rotatable bonds is 4. The first-order valence-electron chi connectivity index (χ1n) is 5.98. The number of hydrogen-bond donors (Lipinski definition) is 0. The highest BCUT2D eigenvalue weighted by molar-refractivity contribution is 7.90. The van der Waals surface area contributed by atoms with Crippen LogP contribution in [-0.2, 0) is 15.6 Å². The third-order valence-corrected chi connectivity index (χ3v) is 5.33. The molecule has 0 radical (unpaired) electrons. The highest BCUT2D eigenvalue weighted by Gasteiger charge is 2.22. The molecule has 0 spiro atoms. The van der Waals surface area contributed by atoms with Crippen LogP contribution in [0, 0.1) is 13.8 Å². The Hall–Kier alpha value is -2.00. The lowest BCUT2D eigenvalue weighted by Gasteiger charge is -1.96. The second kappa shape index (κ2) is 5.08. The topological polar surface area (TPSA) is 99.1 Å². The van der Waals surface area contributed by atoms with Gasteiger partial charge in [0.05, 0.1) is 10.6 Å². The molecule has 3 aromatic heterocycles. The van der Waals surface area contributed by atoms with E-state index in [1.807, 2.05) is 0 Å². The van der Waals surface area contributed by atoms with Gasteiger partial charge in [0.25, 0.3) is 5.89 Å². The van der Waals surface area contributed by atoms with Gasteiger partial charge in [-0.3, -0.25) is 0 Å². The summed E-state index contributed by atoms with van der Waals surface area (Å²) in [6.45, 7) is 3.47. The molecule has 0 aliphatic heterocycles. The Kier molecular flexibility index (Phi) is 3.38. The number of hydrogen-bond acceptors (Lipinski definition) is 8. The summed E-state index contributed by atoms with van der Waals surface area (Å²) >= 11 is 1.32. The van der Waals surface area contributed by atoms with Gasteiger partial charge in [-0.25, -0.2) is 8.42 Å². The van der Waals surface area contributed by atoms with Crippen LogP contribution in [0.3, 0.4) is 0 Å². The predicted octanol–water partition coefficient (Wildman–Crippen LogP) is 2.38. The van der Waals surface area contributed by atoms with Gasteiger partial charge in [0.1, 0.15) is 17.1 Å². The smallest absolute Gasteiger partial charge is 0.263 e. The van der Waals surface area contributed by atoms with Crippen LogP contribution < -0.4 is 0 Å². The minimum absolute atomic E-state index is 0.108. The number of thiophene rings is 1. The molecule has 110 valence electrons. The predicted molar refractivity (Wildman–Crippen MR) is 74.5 cm³/mol. The first-order chi connectivity index (χ1) is 9.97. The molecular formula is C12H11N3O4S2. The molecule has 0 aliphatic carbocycles. The standard InChI is InChI=1S/C12H11N3O4S2/c1-7-11(8(2)18-14-7)12-13-10(15-19-12)6-21(16,17)9-3-4-20-5-9/h3-5H,6H2,1-2H3. The van der Waals surface area contributed by atoms with Crippen molar-refractivity contribution in [3.05, 3.63) is 34.1 Å². The SMILES string of the molecule is Cc1noc(C)c1-c1nc(CS(=O)(=O)c2ccsc2)no1. The molecule has 0 unspecified atom stereocenters. The van der Waals surface area contributed by atoms with Gasteiger partial charge in [0.2, 0.25) is 0 Å². The van der Waals surface area contributed by atoms with E-state index >= 15 is 0 Å². The van der Waals surface area contributed by atoms with E-state index in [0.29, 0.717) is 17.0 Å². The van der Waals surface area contributed by atoms with Crippen molar-refractivity contribution in [3.63, 3.8) is 0 Å². The first-order valence-corrected chi connectivity index (χ1v) is 8.57. The van der Waals surface area contributed by atoms with E-state index < -0.39 is 9.84 Å². The van der Waals surface area contributed by atoms with Crippen molar-refractivity contribution in [2.75, 3.05) is 0 Å². The summed E-state index contributed by atoms with van der Waals surface area (Å²) in [7, 11) is -3.46. The second-order valence-corrected chi connectivity index (χ2v) is 7.20. The molecule has 9 heteroatoms. The molecule has 0 amide bonds. The summed E-state index contributed by atoms with van der Waals surface area (Å²) in [5.41, 5.74) is 1.21. The zero-order chi connectivity index (χ0) is 15.0. The molecule has 0 N–H and O–H groups in total. The normalized spacial score (nSPS) is 11.9. The quantitative estimate of drug-likeness (QED) is 0.726. The average molecular weight is 325 g/mol. The monoisotopic (exact) mass is 325 g/mol. The molecule has 0 bridgehead atoms. The van der Waals surface area contributed by atoms with E-state index in [4.69, 9.17) is 9.05 Å². The number of nitrogens with zero attached hydrogens (tertiary/aromatic N) is 3. The Morgan fingerprint density at radius 1 is 1.24 bits per heavy atom. The van der Waals surface area contributed by atoms with Crippen LogP contribution in [0.4, 0.5) is 0 Å². The van der Waals surface area contributed by atoms with Gasteiger partial charge in [0, 0.05) is 5.38 Å². The van der Waals surface area contributed by atoms with E-state index in [2.05, 4.69) is 15.3 Å². The molecular weight excluding hydrogens is 314 g/mol. The summed E-state index contributed by atoms with van der Waals surface area (Å²) in [5.74, 6) is 0.553. The van der Waals surface area contributed by atoms with E-state index in [0.717, 1.165) is 0 Å². The van der Waals surface area contributed by atoms with Crippen LogP contribution in [0.25, 0.3) is 11.5 Å². The third kappa shape index (κ3) is 2.61. The van der Waals surface area contributed by atoms with Gasteiger partial charge in [-0.05, 0) is 25.3 Å². The van der Waals surface area contributed by atoms with Crippen LogP contribution in [0.2, 0.25) is 0 Å². The number of aromatic nitrogens is 3. The molecule has 0 saturated carbocycles. The lowest BCUT2D eigenvalue weighted by molar-refractivity contribution is 0.392. The van der Waals surface area contributed by atoms with Crippen LogP contribution >= 0.6 is 11.3 Å². The van der Waals surface area contributed by atoms with Gasteiger partial charge in [-0.15, -0.1) is 0 Å². The molecule has 0 atom stereocenters. The van der Waals surface area contributed by atoms with Gasteiger partial charge in [-0.1, -0.05) is 10.3 Å². The summed E-state index contributed by atoms with van der Waals surface area (Å²) in [4.78, 5) is 4.38. The molecule has 3 rings (SSSR count). The van der Waals surface area contributed by atoms with Crippen molar-refractivity contribution < 1.29 is 17.5 Å². The maximum Gasteiger partial charge on any atom is 0.263 e. The zero-order valence-electron chi connectivity index (χ0n) is 11.2. The molecule has 3 aromatic rings. The Labute approximate surface area is 124 Å². The Morgan fingerprint density at radius 2 is 2.05 bits per heavy atom. The van der Waals surface area contributed by atoms with Crippen molar-refractivity contribution in [2.24, 2.45) is 0 Å². The fourth-order valence-electron chi connectivity index (χ4n) is 1.88. The summed E-state index contributed by atoms with van der Waals surface area (Å²) in [6.07, 6.45) is 0. The Bertz CT molecular complexity index is 843. The molecule has 0 aliphatic rings. The summed E-state index contributed by atoms with van der Waals surface area (Å²) < 4.78 is 34.4. The molecule has 0 aromatic carbocycles. The van der Waals surface area contributed by atoms with E-state index in [1.54, 1.807) is 30.7 Å². The third-order valence-electron chi connectivity index (χ3n) is 2.89. The Morgan fingerprint density at radius 3 is 2.67 bits per heavy atom. The fraction of sp³-hybridized carbons (Fsp3) is 0.250. The van der Waals surface area contributed by atoms with Gasteiger partial charge in [0.15, 0.2) is 15.7 Å². The highest BCUT2D eigenvalue weighted by Crippen LogP contribution is 2.26. The molecule has 21 heavy (non-hydrogen) atoms.